The Morgan fingerprint density at radius 3 is 2.38 bits per heavy atom. The summed E-state index contributed by atoms with van der Waals surface area (Å²) >= 11 is 0. The van der Waals surface area contributed by atoms with Crippen LogP contribution >= 0.6 is 0 Å². The number of carboxylic acids is 1. The first-order valence-corrected chi connectivity index (χ1v) is 8.06. The van der Waals surface area contributed by atoms with Gasteiger partial charge >= 0.3 is 5.97 Å². The molecule has 1 aliphatic heterocycles. The average Bonchev–Trinajstić information content (AvgIpc) is 2.84. The standard InChI is InChI=1S/C16H27NO4/c1-15(6-5-9-21-15)12-17-13(18)10-16(11-14(19)20)7-3-2-4-8-16/h2-12H2,1H3,(H,17,18)(H,19,20). The summed E-state index contributed by atoms with van der Waals surface area (Å²) in [7, 11) is 0. The van der Waals surface area contributed by atoms with E-state index in [1.807, 2.05) is 6.92 Å². The molecule has 2 N–H and O–H groups in total. The van der Waals surface area contributed by atoms with Crippen LogP contribution in [0.15, 0.2) is 0 Å². The molecule has 1 aliphatic carbocycles. The van der Waals surface area contributed by atoms with Crippen molar-refractivity contribution in [3.05, 3.63) is 0 Å². The van der Waals surface area contributed by atoms with E-state index in [1.54, 1.807) is 0 Å². The van der Waals surface area contributed by atoms with E-state index >= 15 is 0 Å². The molecule has 2 fully saturated rings. The quantitative estimate of drug-likeness (QED) is 0.790. The van der Waals surface area contributed by atoms with E-state index in [1.165, 1.54) is 0 Å². The number of hydrogen-bond acceptors (Lipinski definition) is 3. The summed E-state index contributed by atoms with van der Waals surface area (Å²) in [6, 6.07) is 0. The molecule has 0 bridgehead atoms. The van der Waals surface area contributed by atoms with Crippen molar-refractivity contribution in [1.82, 2.24) is 5.32 Å². The number of aliphatic carboxylic acids is 1. The van der Waals surface area contributed by atoms with E-state index in [4.69, 9.17) is 9.84 Å². The molecule has 21 heavy (non-hydrogen) atoms. The maximum absolute atomic E-state index is 12.2. The minimum Gasteiger partial charge on any atom is -0.481 e. The summed E-state index contributed by atoms with van der Waals surface area (Å²) in [6.07, 6.45) is 7.34. The normalized spacial score (nSPS) is 28.2. The van der Waals surface area contributed by atoms with Crippen molar-refractivity contribution < 1.29 is 19.4 Å². The highest BCUT2D eigenvalue weighted by Crippen LogP contribution is 2.42. The first-order chi connectivity index (χ1) is 9.93. The number of carbonyl (C=O) groups is 2. The van der Waals surface area contributed by atoms with Gasteiger partial charge in [-0.15, -0.1) is 0 Å². The average molecular weight is 297 g/mol. The van der Waals surface area contributed by atoms with Crippen LogP contribution in [0.1, 0.15) is 64.7 Å². The van der Waals surface area contributed by atoms with E-state index < -0.39 is 5.97 Å². The van der Waals surface area contributed by atoms with Crippen molar-refractivity contribution in [3.63, 3.8) is 0 Å². The van der Waals surface area contributed by atoms with Crippen LogP contribution in [0.2, 0.25) is 0 Å². The second kappa shape index (κ2) is 6.77. The molecule has 1 heterocycles. The first-order valence-electron chi connectivity index (χ1n) is 8.06. The summed E-state index contributed by atoms with van der Waals surface area (Å²) in [5.74, 6) is -0.828. The fourth-order valence-corrected chi connectivity index (χ4v) is 3.70. The van der Waals surface area contributed by atoms with Crippen molar-refractivity contribution in [2.75, 3.05) is 13.2 Å². The van der Waals surface area contributed by atoms with E-state index in [9.17, 15) is 9.59 Å². The third-order valence-electron chi connectivity index (χ3n) is 4.94. The number of nitrogens with one attached hydrogen (secondary N) is 1. The lowest BCUT2D eigenvalue weighted by atomic mass is 9.69. The van der Waals surface area contributed by atoms with Gasteiger partial charge in [-0.05, 0) is 38.0 Å². The predicted molar refractivity (Wildman–Crippen MR) is 79.0 cm³/mol. The molecule has 2 rings (SSSR count). The topological polar surface area (TPSA) is 75.6 Å². The Bertz CT molecular complexity index is 382. The molecule has 1 atom stereocenters. The second-order valence-corrected chi connectivity index (χ2v) is 6.99. The van der Waals surface area contributed by atoms with Crippen LogP contribution in [0.3, 0.4) is 0 Å². The fourth-order valence-electron chi connectivity index (χ4n) is 3.70. The molecule has 1 unspecified atom stereocenters. The molecule has 0 spiro atoms. The van der Waals surface area contributed by atoms with Crippen LogP contribution in [0, 0.1) is 5.41 Å². The third kappa shape index (κ3) is 4.70. The minimum atomic E-state index is -0.796. The number of amides is 1. The van der Waals surface area contributed by atoms with Gasteiger partial charge < -0.3 is 15.2 Å². The Balaban J connectivity index is 1.87. The number of rotatable bonds is 6. The molecular weight excluding hydrogens is 270 g/mol. The molecule has 0 radical (unpaired) electrons. The second-order valence-electron chi connectivity index (χ2n) is 6.99. The van der Waals surface area contributed by atoms with Gasteiger partial charge in [0.1, 0.15) is 0 Å². The molecule has 0 aromatic heterocycles. The zero-order valence-corrected chi connectivity index (χ0v) is 13.0. The predicted octanol–water partition coefficient (Wildman–Crippen LogP) is 2.49. The van der Waals surface area contributed by atoms with Crippen LogP contribution < -0.4 is 5.32 Å². The Labute approximate surface area is 126 Å². The number of carboxylic acid groups (broad SMARTS) is 1. The van der Waals surface area contributed by atoms with Crippen LogP contribution in [-0.2, 0) is 14.3 Å². The van der Waals surface area contributed by atoms with E-state index in [0.717, 1.165) is 51.6 Å². The van der Waals surface area contributed by atoms with Crippen LogP contribution in [0.5, 0.6) is 0 Å². The molecule has 5 heteroatoms. The highest BCUT2D eigenvalue weighted by atomic mass is 16.5. The van der Waals surface area contributed by atoms with Gasteiger partial charge in [-0.25, -0.2) is 0 Å². The number of ether oxygens (including phenoxy) is 1. The van der Waals surface area contributed by atoms with Gasteiger partial charge in [0.2, 0.25) is 5.91 Å². The lowest BCUT2D eigenvalue weighted by molar-refractivity contribution is -0.141. The maximum atomic E-state index is 12.2. The van der Waals surface area contributed by atoms with Crippen molar-refractivity contribution in [1.29, 1.82) is 0 Å². The smallest absolute Gasteiger partial charge is 0.303 e. The SMILES string of the molecule is CC1(CNC(=O)CC2(CC(=O)O)CCCCC2)CCCO1. The van der Waals surface area contributed by atoms with Crippen molar-refractivity contribution >= 4 is 11.9 Å². The Morgan fingerprint density at radius 2 is 1.81 bits per heavy atom. The maximum Gasteiger partial charge on any atom is 0.303 e. The molecule has 1 saturated heterocycles. The zero-order valence-electron chi connectivity index (χ0n) is 13.0. The van der Waals surface area contributed by atoms with Gasteiger partial charge in [0.05, 0.1) is 12.0 Å². The van der Waals surface area contributed by atoms with Crippen molar-refractivity contribution in [2.45, 2.75) is 70.3 Å². The molecule has 0 aromatic carbocycles. The highest BCUT2D eigenvalue weighted by Gasteiger charge is 2.37. The van der Waals surface area contributed by atoms with Crippen LogP contribution in [-0.4, -0.2) is 35.7 Å². The molecular formula is C16H27NO4. The van der Waals surface area contributed by atoms with Gasteiger partial charge in [0, 0.05) is 19.6 Å². The summed E-state index contributed by atoms with van der Waals surface area (Å²) < 4.78 is 5.66. The van der Waals surface area contributed by atoms with Gasteiger partial charge in [0.25, 0.3) is 0 Å². The van der Waals surface area contributed by atoms with E-state index in [0.29, 0.717) is 13.0 Å². The monoisotopic (exact) mass is 297 g/mol. The fraction of sp³-hybridized carbons (Fsp3) is 0.875. The first kappa shape index (κ1) is 16.3. The lowest BCUT2D eigenvalue weighted by Gasteiger charge is -2.36. The Hall–Kier alpha value is -1.10. The van der Waals surface area contributed by atoms with Crippen molar-refractivity contribution in [2.24, 2.45) is 5.41 Å². The minimum absolute atomic E-state index is 0.0325. The molecule has 1 amide bonds. The molecule has 0 aromatic rings. The zero-order chi connectivity index (χ0) is 15.3. The molecule has 1 saturated carbocycles. The number of hydrogen-bond donors (Lipinski definition) is 2. The number of carbonyl (C=O) groups excluding carboxylic acids is 1. The van der Waals surface area contributed by atoms with Crippen LogP contribution in [0.25, 0.3) is 0 Å². The molecule has 5 nitrogen and oxygen atoms in total. The molecule has 2 aliphatic rings. The highest BCUT2D eigenvalue weighted by molar-refractivity contribution is 5.78. The van der Waals surface area contributed by atoms with Gasteiger partial charge in [0.15, 0.2) is 0 Å². The van der Waals surface area contributed by atoms with E-state index in [-0.39, 0.29) is 23.3 Å². The Kier molecular flexibility index (Phi) is 5.25. The van der Waals surface area contributed by atoms with Crippen LogP contribution in [0.4, 0.5) is 0 Å². The third-order valence-corrected chi connectivity index (χ3v) is 4.94. The largest absolute Gasteiger partial charge is 0.481 e. The van der Waals surface area contributed by atoms with Crippen molar-refractivity contribution in [3.8, 4) is 0 Å². The summed E-state index contributed by atoms with van der Waals surface area (Å²) in [5.41, 5.74) is -0.589. The van der Waals surface area contributed by atoms with E-state index in [2.05, 4.69) is 5.32 Å². The summed E-state index contributed by atoms with van der Waals surface area (Å²) in [5, 5.41) is 12.1. The lowest BCUT2D eigenvalue weighted by Crippen LogP contribution is -2.42. The summed E-state index contributed by atoms with van der Waals surface area (Å²) in [6.45, 7) is 3.30. The Morgan fingerprint density at radius 1 is 1.10 bits per heavy atom. The summed E-state index contributed by atoms with van der Waals surface area (Å²) in [4.78, 5) is 23.4. The molecule has 120 valence electrons. The van der Waals surface area contributed by atoms with Gasteiger partial charge in [-0.2, -0.15) is 0 Å². The van der Waals surface area contributed by atoms with Gasteiger partial charge in [-0.3, -0.25) is 9.59 Å². The van der Waals surface area contributed by atoms with Gasteiger partial charge in [-0.1, -0.05) is 19.3 Å².